The Bertz CT molecular complexity index is 183. The van der Waals surface area contributed by atoms with Gasteiger partial charge >= 0.3 is 0 Å². The first-order chi connectivity index (χ1) is 6.70. The molecule has 0 aromatic rings. The third-order valence-electron chi connectivity index (χ3n) is 1.75. The van der Waals surface area contributed by atoms with E-state index in [1.54, 1.807) is 7.05 Å². The summed E-state index contributed by atoms with van der Waals surface area (Å²) in [4.78, 5) is 8.40. The van der Waals surface area contributed by atoms with E-state index in [0.29, 0.717) is 5.92 Å². The zero-order chi connectivity index (χ0) is 10.8. The topological polar surface area (TPSA) is 36.8 Å². The molecule has 0 rings (SSSR count). The van der Waals surface area contributed by atoms with Gasteiger partial charge in [-0.3, -0.25) is 4.99 Å². The molecule has 0 atom stereocenters. The molecule has 0 aromatic heterocycles. The summed E-state index contributed by atoms with van der Waals surface area (Å²) in [6, 6.07) is 0. The van der Waals surface area contributed by atoms with Crippen LogP contribution in [0.5, 0.6) is 0 Å². The normalized spacial score (nSPS) is 13.1. The summed E-state index contributed by atoms with van der Waals surface area (Å²) in [6.45, 7) is 8.31. The van der Waals surface area contributed by atoms with Crippen LogP contribution in [0.2, 0.25) is 0 Å². The average Bonchev–Trinajstić information content (AvgIpc) is 2.15. The number of hydrogen-bond acceptors (Lipinski definition) is 2. The van der Waals surface area contributed by atoms with E-state index < -0.39 is 0 Å². The Hall–Kier alpha value is -0.700. The van der Waals surface area contributed by atoms with Gasteiger partial charge in [-0.05, 0) is 18.9 Å². The van der Waals surface area contributed by atoms with Gasteiger partial charge in [0.15, 0.2) is 0 Å². The number of aliphatic imine (C=N–C) groups is 2. The first kappa shape index (κ1) is 13.3. The lowest BCUT2D eigenvalue weighted by molar-refractivity contribution is 0.581. The lowest BCUT2D eigenvalue weighted by Gasteiger charge is -2.06. The highest BCUT2D eigenvalue weighted by atomic mass is 15.0. The van der Waals surface area contributed by atoms with Crippen molar-refractivity contribution in [2.24, 2.45) is 15.9 Å². The van der Waals surface area contributed by atoms with Crippen LogP contribution in [0, 0.1) is 5.92 Å². The molecule has 0 aliphatic rings. The maximum absolute atomic E-state index is 4.29. The second-order valence-corrected chi connectivity index (χ2v) is 3.76. The standard InChI is InChI=1S/C11H23N3/c1-5-6-7-14-11(12-4)9-13-8-10(2)3/h7,10,13H,5-6,8-9H2,1-4H3/b12-11-,14-7-. The molecule has 0 saturated carbocycles. The molecule has 1 N–H and O–H groups in total. The lowest BCUT2D eigenvalue weighted by Crippen LogP contribution is -2.25. The predicted molar refractivity (Wildman–Crippen MR) is 64.5 cm³/mol. The van der Waals surface area contributed by atoms with Crippen LogP contribution in [0.15, 0.2) is 9.98 Å². The number of rotatable bonds is 6. The first-order valence-corrected chi connectivity index (χ1v) is 5.39. The molecule has 0 amide bonds. The Morgan fingerprint density at radius 3 is 2.64 bits per heavy atom. The summed E-state index contributed by atoms with van der Waals surface area (Å²) < 4.78 is 0. The smallest absolute Gasteiger partial charge is 0.136 e. The molecular weight excluding hydrogens is 174 g/mol. The number of unbranched alkanes of at least 4 members (excludes halogenated alkanes) is 1. The van der Waals surface area contributed by atoms with Gasteiger partial charge in [-0.2, -0.15) is 0 Å². The zero-order valence-corrected chi connectivity index (χ0v) is 9.88. The van der Waals surface area contributed by atoms with E-state index in [1.807, 2.05) is 6.21 Å². The average molecular weight is 197 g/mol. The highest BCUT2D eigenvalue weighted by Crippen LogP contribution is 1.88. The molecular formula is C11H23N3. The van der Waals surface area contributed by atoms with Crippen LogP contribution in [0.1, 0.15) is 33.6 Å². The Balaban J connectivity index is 3.70. The molecule has 3 heteroatoms. The zero-order valence-electron chi connectivity index (χ0n) is 9.88. The predicted octanol–water partition coefficient (Wildman–Crippen LogP) is 2.13. The van der Waals surface area contributed by atoms with Crippen LogP contribution in [0.4, 0.5) is 0 Å². The van der Waals surface area contributed by atoms with Crippen molar-refractivity contribution < 1.29 is 0 Å². The fourth-order valence-corrected chi connectivity index (χ4v) is 0.954. The molecule has 0 aliphatic carbocycles. The van der Waals surface area contributed by atoms with Gasteiger partial charge in [-0.25, -0.2) is 4.99 Å². The van der Waals surface area contributed by atoms with Crippen LogP contribution in [0.3, 0.4) is 0 Å². The minimum atomic E-state index is 0.674. The van der Waals surface area contributed by atoms with Gasteiger partial charge in [0.1, 0.15) is 5.84 Å². The van der Waals surface area contributed by atoms with Crippen molar-refractivity contribution in [1.29, 1.82) is 0 Å². The molecule has 0 heterocycles. The largest absolute Gasteiger partial charge is 0.310 e. The van der Waals surface area contributed by atoms with Crippen LogP contribution in [-0.4, -0.2) is 32.2 Å². The molecule has 0 spiro atoms. The number of hydrogen-bond donors (Lipinski definition) is 1. The van der Waals surface area contributed by atoms with E-state index in [9.17, 15) is 0 Å². The summed E-state index contributed by atoms with van der Waals surface area (Å²) in [5.41, 5.74) is 0. The van der Waals surface area contributed by atoms with Crippen molar-refractivity contribution >= 4 is 12.1 Å². The van der Waals surface area contributed by atoms with Gasteiger partial charge in [-0.1, -0.05) is 27.2 Å². The number of nitrogens with zero attached hydrogens (tertiary/aromatic N) is 2. The quantitative estimate of drug-likeness (QED) is 0.514. The van der Waals surface area contributed by atoms with E-state index in [1.165, 1.54) is 0 Å². The monoisotopic (exact) mass is 197 g/mol. The van der Waals surface area contributed by atoms with Gasteiger partial charge in [-0.15, -0.1) is 0 Å². The Morgan fingerprint density at radius 1 is 1.43 bits per heavy atom. The fraction of sp³-hybridized carbons (Fsp3) is 0.818. The van der Waals surface area contributed by atoms with Crippen LogP contribution < -0.4 is 5.32 Å². The van der Waals surface area contributed by atoms with Crippen LogP contribution in [-0.2, 0) is 0 Å². The fourth-order valence-electron chi connectivity index (χ4n) is 0.954. The van der Waals surface area contributed by atoms with E-state index in [0.717, 1.165) is 31.8 Å². The summed E-state index contributed by atoms with van der Waals surface area (Å²) in [6.07, 6.45) is 4.11. The Kier molecular flexibility index (Phi) is 8.43. The first-order valence-electron chi connectivity index (χ1n) is 5.39. The Morgan fingerprint density at radius 2 is 2.14 bits per heavy atom. The van der Waals surface area contributed by atoms with Crippen LogP contribution in [0.25, 0.3) is 0 Å². The van der Waals surface area contributed by atoms with Crippen molar-refractivity contribution in [3.8, 4) is 0 Å². The molecule has 3 nitrogen and oxygen atoms in total. The molecule has 0 aliphatic heterocycles. The van der Waals surface area contributed by atoms with Crippen molar-refractivity contribution in [3.63, 3.8) is 0 Å². The maximum Gasteiger partial charge on any atom is 0.136 e. The van der Waals surface area contributed by atoms with Crippen LogP contribution >= 0.6 is 0 Å². The second-order valence-electron chi connectivity index (χ2n) is 3.76. The van der Waals surface area contributed by atoms with Gasteiger partial charge in [0.25, 0.3) is 0 Å². The highest BCUT2D eigenvalue weighted by Gasteiger charge is 1.96. The molecule has 0 saturated heterocycles. The molecule has 0 bridgehead atoms. The van der Waals surface area contributed by atoms with E-state index in [-0.39, 0.29) is 0 Å². The number of amidine groups is 1. The molecule has 82 valence electrons. The lowest BCUT2D eigenvalue weighted by atomic mass is 10.2. The van der Waals surface area contributed by atoms with Crippen molar-refractivity contribution in [1.82, 2.24) is 5.32 Å². The number of nitrogens with one attached hydrogen (secondary N) is 1. The van der Waals surface area contributed by atoms with Gasteiger partial charge in [0, 0.05) is 13.3 Å². The highest BCUT2D eigenvalue weighted by molar-refractivity contribution is 5.90. The van der Waals surface area contributed by atoms with E-state index in [2.05, 4.69) is 36.1 Å². The van der Waals surface area contributed by atoms with E-state index >= 15 is 0 Å². The molecule has 14 heavy (non-hydrogen) atoms. The summed E-state index contributed by atoms with van der Waals surface area (Å²) in [7, 11) is 1.79. The SMILES string of the molecule is CCC/C=N\C(CNCC(C)C)=N/C. The second kappa shape index (κ2) is 8.88. The molecule has 0 fully saturated rings. The molecule has 0 unspecified atom stereocenters. The summed E-state index contributed by atoms with van der Waals surface area (Å²) in [5.74, 6) is 1.56. The minimum absolute atomic E-state index is 0.674. The van der Waals surface area contributed by atoms with Gasteiger partial charge in [0.2, 0.25) is 0 Å². The van der Waals surface area contributed by atoms with Crippen molar-refractivity contribution in [3.05, 3.63) is 0 Å². The van der Waals surface area contributed by atoms with Crippen molar-refractivity contribution in [2.75, 3.05) is 20.1 Å². The summed E-state index contributed by atoms with van der Waals surface area (Å²) >= 11 is 0. The maximum atomic E-state index is 4.29. The van der Waals surface area contributed by atoms with Gasteiger partial charge < -0.3 is 5.32 Å². The molecule has 0 aromatic carbocycles. The van der Waals surface area contributed by atoms with Gasteiger partial charge in [0.05, 0.1) is 6.54 Å². The van der Waals surface area contributed by atoms with E-state index in [4.69, 9.17) is 0 Å². The minimum Gasteiger partial charge on any atom is -0.310 e. The summed E-state index contributed by atoms with van der Waals surface area (Å²) in [5, 5.41) is 3.32. The Labute approximate surface area is 87.7 Å². The molecule has 0 radical (unpaired) electrons. The van der Waals surface area contributed by atoms with Crippen molar-refractivity contribution in [2.45, 2.75) is 33.6 Å². The third-order valence-corrected chi connectivity index (χ3v) is 1.75. The third kappa shape index (κ3) is 7.92.